The molecule has 1 aliphatic heterocycles. The van der Waals surface area contributed by atoms with Crippen molar-refractivity contribution in [3.8, 4) is 0 Å². The van der Waals surface area contributed by atoms with Crippen LogP contribution in [-0.2, 0) is 0 Å². The fourth-order valence-electron chi connectivity index (χ4n) is 3.05. The van der Waals surface area contributed by atoms with Crippen molar-refractivity contribution in [3.05, 3.63) is 5.89 Å². The van der Waals surface area contributed by atoms with Crippen molar-refractivity contribution in [3.63, 3.8) is 0 Å². The molecule has 94 valence electrons. The van der Waals surface area contributed by atoms with Gasteiger partial charge in [0.15, 0.2) is 0 Å². The van der Waals surface area contributed by atoms with Gasteiger partial charge in [-0.1, -0.05) is 12.0 Å². The van der Waals surface area contributed by atoms with Crippen LogP contribution in [0.15, 0.2) is 4.42 Å². The minimum Gasteiger partial charge on any atom is -0.408 e. The highest BCUT2D eigenvalue weighted by Crippen LogP contribution is 2.57. The summed E-state index contributed by atoms with van der Waals surface area (Å²) in [6.45, 7) is 8.03. The smallest absolute Gasteiger partial charge is 0.318 e. The molecule has 2 fully saturated rings. The monoisotopic (exact) mass is 237 g/mol. The van der Waals surface area contributed by atoms with Crippen LogP contribution in [0.5, 0.6) is 0 Å². The van der Waals surface area contributed by atoms with E-state index in [1.54, 1.807) is 0 Å². The Labute approximate surface area is 101 Å². The molecule has 1 aliphatic carbocycles. The molecular weight excluding hydrogens is 218 g/mol. The zero-order chi connectivity index (χ0) is 12.2. The largest absolute Gasteiger partial charge is 0.408 e. The molecule has 17 heavy (non-hydrogen) atoms. The number of fused-ring (bicyclic) bond motifs is 1. The van der Waals surface area contributed by atoms with Crippen molar-refractivity contribution in [2.75, 3.05) is 18.0 Å². The minimum absolute atomic E-state index is 0.0570. The lowest BCUT2D eigenvalue weighted by Crippen LogP contribution is -2.42. The summed E-state index contributed by atoms with van der Waals surface area (Å²) in [6, 6.07) is 1.18. The van der Waals surface area contributed by atoms with Gasteiger partial charge in [-0.25, -0.2) is 0 Å². The van der Waals surface area contributed by atoms with Crippen LogP contribution in [0.3, 0.4) is 0 Å². The van der Waals surface area contributed by atoms with Crippen LogP contribution < -0.4 is 16.0 Å². The van der Waals surface area contributed by atoms with E-state index in [-0.39, 0.29) is 6.17 Å². The van der Waals surface area contributed by atoms with Crippen molar-refractivity contribution in [2.45, 2.75) is 33.0 Å². The fraction of sp³-hybridized carbons (Fsp3) is 0.818. The van der Waals surface area contributed by atoms with Gasteiger partial charge in [0.1, 0.15) is 0 Å². The molecule has 0 radical (unpaired) electrons. The molecule has 1 saturated heterocycles. The Balaban J connectivity index is 1.67. The summed E-state index contributed by atoms with van der Waals surface area (Å²) in [4.78, 5) is 2.17. The van der Waals surface area contributed by atoms with Crippen LogP contribution in [0.4, 0.5) is 6.01 Å². The van der Waals surface area contributed by atoms with Crippen LogP contribution in [0.25, 0.3) is 0 Å². The second-order valence-electron chi connectivity index (χ2n) is 5.53. The van der Waals surface area contributed by atoms with Gasteiger partial charge in [0.2, 0.25) is 5.89 Å². The third-order valence-corrected chi connectivity index (χ3v) is 4.03. The molecule has 3 N–H and O–H groups in total. The Morgan fingerprint density at radius 2 is 2.35 bits per heavy atom. The lowest BCUT2D eigenvalue weighted by molar-refractivity contribution is 0.446. The standard InChI is InChI=1S/C11H19N5O/c1-6(12)13-9-8-4-16(5-11(8,9)3)10-15-14-7(2)17-10/h6,8-9,13H,4-5,12H2,1-3H3. The van der Waals surface area contributed by atoms with Gasteiger partial charge in [-0.3, -0.25) is 5.32 Å². The molecule has 0 spiro atoms. The van der Waals surface area contributed by atoms with Crippen molar-refractivity contribution in [1.82, 2.24) is 15.5 Å². The van der Waals surface area contributed by atoms with E-state index in [9.17, 15) is 0 Å². The Morgan fingerprint density at radius 1 is 1.59 bits per heavy atom. The second kappa shape index (κ2) is 3.43. The van der Waals surface area contributed by atoms with E-state index in [0.717, 1.165) is 13.1 Å². The molecule has 6 nitrogen and oxygen atoms in total. The third-order valence-electron chi connectivity index (χ3n) is 4.03. The maximum absolute atomic E-state index is 5.78. The van der Waals surface area contributed by atoms with Crippen LogP contribution in [0.2, 0.25) is 0 Å². The number of nitrogens with zero attached hydrogens (tertiary/aromatic N) is 3. The van der Waals surface area contributed by atoms with E-state index >= 15 is 0 Å². The first-order valence-corrected chi connectivity index (χ1v) is 6.07. The molecule has 0 bridgehead atoms. The van der Waals surface area contributed by atoms with E-state index in [1.165, 1.54) is 0 Å². The molecule has 2 aliphatic rings. The normalized spacial score (nSPS) is 37.1. The molecule has 0 amide bonds. The van der Waals surface area contributed by atoms with E-state index in [1.807, 2.05) is 13.8 Å². The molecule has 4 unspecified atom stereocenters. The Bertz CT molecular complexity index is 431. The minimum atomic E-state index is 0.0570. The van der Waals surface area contributed by atoms with Crippen molar-refractivity contribution < 1.29 is 4.42 Å². The SMILES string of the molecule is Cc1nnc(N2CC3C(NC(C)N)C3(C)C2)o1. The highest BCUT2D eigenvalue weighted by molar-refractivity contribution is 5.37. The number of hydrogen-bond acceptors (Lipinski definition) is 6. The summed E-state index contributed by atoms with van der Waals surface area (Å²) in [5.41, 5.74) is 6.08. The number of anilines is 1. The van der Waals surface area contributed by atoms with Crippen LogP contribution in [-0.4, -0.2) is 35.5 Å². The van der Waals surface area contributed by atoms with E-state index in [4.69, 9.17) is 10.2 Å². The molecule has 4 atom stereocenters. The number of hydrogen-bond donors (Lipinski definition) is 2. The van der Waals surface area contributed by atoms with Crippen LogP contribution in [0, 0.1) is 18.3 Å². The van der Waals surface area contributed by atoms with Crippen LogP contribution >= 0.6 is 0 Å². The maximum Gasteiger partial charge on any atom is 0.318 e. The Morgan fingerprint density at radius 3 is 2.82 bits per heavy atom. The summed E-state index contributed by atoms with van der Waals surface area (Å²) in [5, 5.41) is 11.4. The van der Waals surface area contributed by atoms with Crippen LogP contribution in [0.1, 0.15) is 19.7 Å². The highest BCUT2D eigenvalue weighted by Gasteiger charge is 2.66. The predicted molar refractivity (Wildman–Crippen MR) is 63.4 cm³/mol. The van der Waals surface area contributed by atoms with Gasteiger partial charge in [-0.2, -0.15) is 0 Å². The molecule has 2 heterocycles. The third kappa shape index (κ3) is 1.63. The zero-order valence-electron chi connectivity index (χ0n) is 10.5. The lowest BCUT2D eigenvalue weighted by Gasteiger charge is -2.21. The molecule has 6 heteroatoms. The number of nitrogens with two attached hydrogens (primary N) is 1. The van der Waals surface area contributed by atoms with Crippen molar-refractivity contribution >= 4 is 6.01 Å². The van der Waals surface area contributed by atoms with Gasteiger partial charge in [0.25, 0.3) is 0 Å². The first-order chi connectivity index (χ1) is 8.00. The number of aromatic nitrogens is 2. The quantitative estimate of drug-likeness (QED) is 0.726. The molecule has 1 saturated carbocycles. The Kier molecular flexibility index (Phi) is 2.21. The van der Waals surface area contributed by atoms with Gasteiger partial charge in [0, 0.05) is 37.4 Å². The summed E-state index contributed by atoms with van der Waals surface area (Å²) >= 11 is 0. The first-order valence-electron chi connectivity index (χ1n) is 6.07. The van der Waals surface area contributed by atoms with E-state index in [2.05, 4.69) is 27.3 Å². The number of piperidine rings is 1. The molecule has 1 aromatic rings. The summed E-state index contributed by atoms with van der Waals surface area (Å²) in [5.74, 6) is 1.26. The summed E-state index contributed by atoms with van der Waals surface area (Å²) in [7, 11) is 0. The Hall–Kier alpha value is -1.14. The van der Waals surface area contributed by atoms with Gasteiger partial charge in [-0.05, 0) is 6.92 Å². The predicted octanol–water partition coefficient (Wildman–Crippen LogP) is 0.0970. The first kappa shape index (κ1) is 11.0. The van der Waals surface area contributed by atoms with Gasteiger partial charge >= 0.3 is 6.01 Å². The average Bonchev–Trinajstić information content (AvgIpc) is 2.66. The van der Waals surface area contributed by atoms with Gasteiger partial charge in [0.05, 0.1) is 6.17 Å². The summed E-state index contributed by atoms with van der Waals surface area (Å²) in [6.07, 6.45) is 0.0570. The fourth-order valence-corrected chi connectivity index (χ4v) is 3.05. The lowest BCUT2D eigenvalue weighted by atomic mass is 10.1. The number of aryl methyl sites for hydroxylation is 1. The molecular formula is C11H19N5O. The number of nitrogens with one attached hydrogen (secondary N) is 1. The second-order valence-corrected chi connectivity index (χ2v) is 5.53. The average molecular weight is 237 g/mol. The molecule has 0 aromatic carbocycles. The van der Waals surface area contributed by atoms with E-state index < -0.39 is 0 Å². The van der Waals surface area contributed by atoms with E-state index in [0.29, 0.717) is 29.3 Å². The summed E-state index contributed by atoms with van der Waals surface area (Å²) < 4.78 is 5.46. The topological polar surface area (TPSA) is 80.2 Å². The van der Waals surface area contributed by atoms with Crippen molar-refractivity contribution in [2.24, 2.45) is 17.1 Å². The van der Waals surface area contributed by atoms with Crippen molar-refractivity contribution in [1.29, 1.82) is 0 Å². The van der Waals surface area contributed by atoms with Gasteiger partial charge < -0.3 is 15.1 Å². The maximum atomic E-state index is 5.78. The highest BCUT2D eigenvalue weighted by atomic mass is 16.4. The number of rotatable bonds is 3. The molecule has 3 rings (SSSR count). The molecule has 1 aromatic heterocycles. The van der Waals surface area contributed by atoms with Gasteiger partial charge in [-0.15, -0.1) is 5.10 Å². The zero-order valence-corrected chi connectivity index (χ0v) is 10.5.